The van der Waals surface area contributed by atoms with Crippen LogP contribution in [0.2, 0.25) is 0 Å². The van der Waals surface area contributed by atoms with Gasteiger partial charge in [-0.15, -0.1) is 0 Å². The van der Waals surface area contributed by atoms with Crippen molar-refractivity contribution in [1.29, 1.82) is 0 Å². The fourth-order valence-corrected chi connectivity index (χ4v) is 1.84. The number of benzene rings is 1. The number of ether oxygens (including phenoxy) is 2. The van der Waals surface area contributed by atoms with Gasteiger partial charge >= 0.3 is 0 Å². The molecule has 3 nitrogen and oxygen atoms in total. The first-order valence-corrected chi connectivity index (χ1v) is 6.79. The normalized spacial score (nSPS) is 10.7. The Morgan fingerprint density at radius 1 is 0.944 bits per heavy atom. The summed E-state index contributed by atoms with van der Waals surface area (Å²) in [5.41, 5.74) is 0. The van der Waals surface area contributed by atoms with Gasteiger partial charge in [-0.25, -0.2) is 0 Å². The van der Waals surface area contributed by atoms with Crippen LogP contribution in [0.25, 0.3) is 0 Å². The summed E-state index contributed by atoms with van der Waals surface area (Å²) in [7, 11) is 1.67. The highest BCUT2D eigenvalue weighted by atomic mass is 16.5. The van der Waals surface area contributed by atoms with Gasteiger partial charge < -0.3 is 14.4 Å². The second kappa shape index (κ2) is 8.81. The summed E-state index contributed by atoms with van der Waals surface area (Å²) >= 11 is 0. The fourth-order valence-electron chi connectivity index (χ4n) is 1.84. The number of methoxy groups -OCH3 is 1. The maximum Gasteiger partial charge on any atom is 0.119 e. The maximum atomic E-state index is 5.68. The van der Waals surface area contributed by atoms with Crippen LogP contribution < -0.4 is 9.47 Å². The number of unbranched alkanes of at least 4 members (excludes halogenated alkanes) is 1. The summed E-state index contributed by atoms with van der Waals surface area (Å²) in [6.07, 6.45) is 2.29. The van der Waals surface area contributed by atoms with E-state index in [1.54, 1.807) is 7.11 Å². The van der Waals surface area contributed by atoms with E-state index < -0.39 is 0 Å². The number of hydrogen-bond donors (Lipinski definition) is 0. The summed E-state index contributed by atoms with van der Waals surface area (Å²) in [4.78, 5) is 2.44. The Morgan fingerprint density at radius 3 is 2.11 bits per heavy atom. The lowest BCUT2D eigenvalue weighted by molar-refractivity contribution is 0.266. The van der Waals surface area contributed by atoms with Crippen LogP contribution >= 0.6 is 0 Å². The largest absolute Gasteiger partial charge is 0.497 e. The van der Waals surface area contributed by atoms with Crippen LogP contribution in [0.3, 0.4) is 0 Å². The molecule has 0 aliphatic rings. The average Bonchev–Trinajstić information content (AvgIpc) is 2.43. The molecule has 0 saturated carbocycles. The smallest absolute Gasteiger partial charge is 0.119 e. The zero-order chi connectivity index (χ0) is 13.2. The second-order valence-corrected chi connectivity index (χ2v) is 4.26. The number of nitrogens with zero attached hydrogens (tertiary/aromatic N) is 1. The summed E-state index contributed by atoms with van der Waals surface area (Å²) < 4.78 is 10.8. The molecular formula is C15H25NO2. The molecule has 0 bridgehead atoms. The molecule has 3 heteroatoms. The Hall–Kier alpha value is -1.22. The lowest BCUT2D eigenvalue weighted by Crippen LogP contribution is -2.24. The van der Waals surface area contributed by atoms with Gasteiger partial charge in [-0.3, -0.25) is 0 Å². The summed E-state index contributed by atoms with van der Waals surface area (Å²) in [6, 6.07) is 7.74. The molecule has 0 unspecified atom stereocenters. The summed E-state index contributed by atoms with van der Waals surface area (Å²) in [6.45, 7) is 8.63. The predicted octanol–water partition coefficient (Wildman–Crippen LogP) is 3.20. The number of hydrogen-bond acceptors (Lipinski definition) is 3. The van der Waals surface area contributed by atoms with Crippen LogP contribution in [0.15, 0.2) is 24.3 Å². The molecule has 0 atom stereocenters. The van der Waals surface area contributed by atoms with Crippen LogP contribution in [0, 0.1) is 0 Å². The van der Waals surface area contributed by atoms with Gasteiger partial charge in [-0.2, -0.15) is 0 Å². The molecule has 1 rings (SSSR count). The molecule has 0 aliphatic carbocycles. The molecule has 0 radical (unpaired) electrons. The van der Waals surface area contributed by atoms with E-state index in [1.807, 2.05) is 24.3 Å². The van der Waals surface area contributed by atoms with E-state index in [1.165, 1.54) is 13.0 Å². The van der Waals surface area contributed by atoms with Gasteiger partial charge in [0.1, 0.15) is 11.5 Å². The molecule has 18 heavy (non-hydrogen) atoms. The first-order chi connectivity index (χ1) is 8.80. The Morgan fingerprint density at radius 2 is 1.56 bits per heavy atom. The zero-order valence-electron chi connectivity index (χ0n) is 11.8. The molecule has 0 spiro atoms. The van der Waals surface area contributed by atoms with Gasteiger partial charge in [-0.05, 0) is 56.7 Å². The predicted molar refractivity (Wildman–Crippen MR) is 75.5 cm³/mol. The molecule has 0 N–H and O–H groups in total. The Labute approximate surface area is 111 Å². The van der Waals surface area contributed by atoms with E-state index in [0.29, 0.717) is 0 Å². The van der Waals surface area contributed by atoms with Crippen molar-refractivity contribution in [3.05, 3.63) is 24.3 Å². The first kappa shape index (κ1) is 14.8. The van der Waals surface area contributed by atoms with Crippen molar-refractivity contribution in [2.75, 3.05) is 33.4 Å². The highest BCUT2D eigenvalue weighted by Gasteiger charge is 1.99. The lowest BCUT2D eigenvalue weighted by atomic mass is 10.3. The van der Waals surface area contributed by atoms with Gasteiger partial charge in [0.2, 0.25) is 0 Å². The summed E-state index contributed by atoms with van der Waals surface area (Å²) in [5, 5.41) is 0. The monoisotopic (exact) mass is 251 g/mol. The summed E-state index contributed by atoms with van der Waals surface area (Å²) in [5.74, 6) is 1.78. The van der Waals surface area contributed by atoms with Gasteiger partial charge in [0.25, 0.3) is 0 Å². The van der Waals surface area contributed by atoms with Crippen molar-refractivity contribution >= 4 is 0 Å². The third-order valence-electron chi connectivity index (χ3n) is 3.09. The van der Waals surface area contributed by atoms with Crippen molar-refractivity contribution in [1.82, 2.24) is 4.90 Å². The van der Waals surface area contributed by atoms with Gasteiger partial charge in [0.05, 0.1) is 13.7 Å². The van der Waals surface area contributed by atoms with Crippen molar-refractivity contribution in [2.24, 2.45) is 0 Å². The molecular weight excluding hydrogens is 226 g/mol. The highest BCUT2D eigenvalue weighted by molar-refractivity contribution is 5.31. The molecule has 102 valence electrons. The van der Waals surface area contributed by atoms with Crippen LogP contribution in [-0.2, 0) is 0 Å². The number of rotatable bonds is 9. The second-order valence-electron chi connectivity index (χ2n) is 4.26. The van der Waals surface area contributed by atoms with E-state index in [-0.39, 0.29) is 0 Å². The molecule has 0 aliphatic heterocycles. The van der Waals surface area contributed by atoms with Crippen molar-refractivity contribution < 1.29 is 9.47 Å². The maximum absolute atomic E-state index is 5.68. The molecule has 1 aromatic rings. The third-order valence-corrected chi connectivity index (χ3v) is 3.09. The van der Waals surface area contributed by atoms with E-state index in [4.69, 9.17) is 9.47 Å². The topological polar surface area (TPSA) is 21.7 Å². The third kappa shape index (κ3) is 5.41. The molecule has 0 amide bonds. The van der Waals surface area contributed by atoms with Crippen LogP contribution in [-0.4, -0.2) is 38.3 Å². The van der Waals surface area contributed by atoms with Crippen molar-refractivity contribution in [3.8, 4) is 11.5 Å². The molecule has 0 heterocycles. The molecule has 1 aromatic carbocycles. The SMILES string of the molecule is CCN(CC)CCCCOc1ccc(OC)cc1. The minimum atomic E-state index is 0.785. The fraction of sp³-hybridized carbons (Fsp3) is 0.600. The quantitative estimate of drug-likeness (QED) is 0.629. The average molecular weight is 251 g/mol. The Bertz CT molecular complexity index is 307. The van der Waals surface area contributed by atoms with E-state index in [2.05, 4.69) is 18.7 Å². The molecule has 0 fully saturated rings. The van der Waals surface area contributed by atoms with Crippen molar-refractivity contribution in [2.45, 2.75) is 26.7 Å². The van der Waals surface area contributed by atoms with E-state index >= 15 is 0 Å². The van der Waals surface area contributed by atoms with Crippen LogP contribution in [0.5, 0.6) is 11.5 Å². The highest BCUT2D eigenvalue weighted by Crippen LogP contribution is 2.17. The van der Waals surface area contributed by atoms with Gasteiger partial charge in [0.15, 0.2) is 0 Å². The van der Waals surface area contributed by atoms with Gasteiger partial charge in [0, 0.05) is 0 Å². The van der Waals surface area contributed by atoms with Crippen molar-refractivity contribution in [3.63, 3.8) is 0 Å². The Balaban J connectivity index is 2.13. The Kier molecular flexibility index (Phi) is 7.26. The standard InChI is InChI=1S/C15H25NO2/c1-4-16(5-2)12-6-7-13-18-15-10-8-14(17-3)9-11-15/h8-11H,4-7,12-13H2,1-3H3. The van der Waals surface area contributed by atoms with Crippen LogP contribution in [0.1, 0.15) is 26.7 Å². The first-order valence-electron chi connectivity index (χ1n) is 6.79. The van der Waals surface area contributed by atoms with Gasteiger partial charge in [-0.1, -0.05) is 13.8 Å². The molecule has 0 saturated heterocycles. The lowest BCUT2D eigenvalue weighted by Gasteiger charge is -2.17. The van der Waals surface area contributed by atoms with Crippen LogP contribution in [0.4, 0.5) is 0 Å². The minimum Gasteiger partial charge on any atom is -0.497 e. The minimum absolute atomic E-state index is 0.785. The van der Waals surface area contributed by atoms with E-state index in [0.717, 1.165) is 37.6 Å². The van der Waals surface area contributed by atoms with E-state index in [9.17, 15) is 0 Å². The zero-order valence-corrected chi connectivity index (χ0v) is 11.8. The molecule has 0 aromatic heterocycles.